The zero-order chi connectivity index (χ0) is 17.9. The molecule has 1 aromatic carbocycles. The molecule has 1 aromatic rings. The molecule has 0 unspecified atom stereocenters. The van der Waals surface area contributed by atoms with Gasteiger partial charge in [-0.3, -0.25) is 0 Å². The van der Waals surface area contributed by atoms with Crippen LogP contribution in [0.2, 0.25) is 0 Å². The summed E-state index contributed by atoms with van der Waals surface area (Å²) in [7, 11) is 0. The molecule has 0 saturated heterocycles. The Kier molecular flexibility index (Phi) is 6.94. The SMILES string of the molecule is CC.CCC(C)(C)C(C)(C)c1cc(C)c(C)cc1C(C)(C)C. The molecule has 0 heteroatoms. The van der Waals surface area contributed by atoms with Gasteiger partial charge in [-0.25, -0.2) is 0 Å². The van der Waals surface area contributed by atoms with Gasteiger partial charge in [0, 0.05) is 0 Å². The van der Waals surface area contributed by atoms with Crippen molar-refractivity contribution in [3.05, 3.63) is 34.4 Å². The third-order valence-corrected chi connectivity index (χ3v) is 5.69. The third kappa shape index (κ3) is 4.15. The lowest BCUT2D eigenvalue weighted by molar-refractivity contribution is 0.186. The van der Waals surface area contributed by atoms with Gasteiger partial charge in [-0.1, -0.05) is 87.8 Å². The van der Waals surface area contributed by atoms with Gasteiger partial charge >= 0.3 is 0 Å². The van der Waals surface area contributed by atoms with Crippen molar-refractivity contribution in [3.63, 3.8) is 0 Å². The van der Waals surface area contributed by atoms with Crippen molar-refractivity contribution in [2.24, 2.45) is 5.41 Å². The van der Waals surface area contributed by atoms with Gasteiger partial charge in [0.1, 0.15) is 0 Å². The predicted octanol–water partition coefficient (Wildman–Crippen LogP) is 7.34. The molecule has 0 radical (unpaired) electrons. The molecule has 0 atom stereocenters. The fraction of sp³-hybridized carbons (Fsp3) is 0.727. The maximum absolute atomic E-state index is 2.44. The monoisotopic (exact) mass is 304 g/mol. The van der Waals surface area contributed by atoms with E-state index in [-0.39, 0.29) is 16.2 Å². The van der Waals surface area contributed by atoms with Crippen LogP contribution in [0.1, 0.15) is 97.9 Å². The fourth-order valence-electron chi connectivity index (χ4n) is 2.76. The van der Waals surface area contributed by atoms with Gasteiger partial charge in [-0.05, 0) is 52.3 Å². The van der Waals surface area contributed by atoms with Gasteiger partial charge in [-0.15, -0.1) is 0 Å². The molecule has 0 fully saturated rings. The standard InChI is InChI=1S/C20H34.C2H6/c1-11-19(7,8)20(9,10)17-13-15(3)14(2)12-16(17)18(4,5)6;1-2/h12-13H,11H2,1-10H3;1-2H3. The van der Waals surface area contributed by atoms with Crippen LogP contribution in [0.3, 0.4) is 0 Å². The summed E-state index contributed by atoms with van der Waals surface area (Å²) in [6.45, 7) is 27.4. The molecule has 22 heavy (non-hydrogen) atoms. The van der Waals surface area contributed by atoms with Gasteiger partial charge in [0.25, 0.3) is 0 Å². The second-order valence-corrected chi connectivity index (χ2v) is 8.59. The molecule has 128 valence electrons. The first-order valence-electron chi connectivity index (χ1n) is 8.97. The van der Waals surface area contributed by atoms with Gasteiger partial charge in [-0.2, -0.15) is 0 Å². The van der Waals surface area contributed by atoms with E-state index in [4.69, 9.17) is 0 Å². The Bertz CT molecular complexity index is 481. The lowest BCUT2D eigenvalue weighted by Gasteiger charge is -2.44. The normalized spacial score (nSPS) is 12.7. The van der Waals surface area contributed by atoms with Crippen LogP contribution in [0.15, 0.2) is 12.1 Å². The minimum Gasteiger partial charge on any atom is -0.0683 e. The van der Waals surface area contributed by atoms with Crippen LogP contribution in [-0.4, -0.2) is 0 Å². The molecule has 0 bridgehead atoms. The highest BCUT2D eigenvalue weighted by Crippen LogP contribution is 2.47. The molecule has 0 amide bonds. The Morgan fingerprint density at radius 2 is 1.09 bits per heavy atom. The lowest BCUT2D eigenvalue weighted by Crippen LogP contribution is -2.38. The van der Waals surface area contributed by atoms with Crippen LogP contribution in [0.5, 0.6) is 0 Å². The molecule has 0 spiro atoms. The maximum atomic E-state index is 2.44. The second-order valence-electron chi connectivity index (χ2n) is 8.59. The van der Waals surface area contributed by atoms with E-state index in [1.165, 1.54) is 28.7 Å². The smallest absolute Gasteiger partial charge is 0.00495 e. The summed E-state index contributed by atoms with van der Waals surface area (Å²) >= 11 is 0. The molecule has 0 nitrogen and oxygen atoms in total. The van der Waals surface area contributed by atoms with Crippen molar-refractivity contribution < 1.29 is 0 Å². The summed E-state index contributed by atoms with van der Waals surface area (Å²) < 4.78 is 0. The van der Waals surface area contributed by atoms with E-state index < -0.39 is 0 Å². The van der Waals surface area contributed by atoms with Gasteiger partial charge in [0.15, 0.2) is 0 Å². The first kappa shape index (κ1) is 21.2. The van der Waals surface area contributed by atoms with Gasteiger partial charge in [0.2, 0.25) is 0 Å². The predicted molar refractivity (Wildman–Crippen MR) is 103 cm³/mol. The number of benzene rings is 1. The zero-order valence-corrected chi connectivity index (χ0v) is 17.4. The number of hydrogen-bond donors (Lipinski definition) is 0. The molecule has 0 aliphatic heterocycles. The van der Waals surface area contributed by atoms with Crippen molar-refractivity contribution in [1.29, 1.82) is 0 Å². The highest BCUT2D eigenvalue weighted by Gasteiger charge is 2.39. The maximum Gasteiger partial charge on any atom is -0.00495 e. The Labute approximate surface area is 140 Å². The summed E-state index contributed by atoms with van der Waals surface area (Å²) in [5.74, 6) is 0. The fourth-order valence-corrected chi connectivity index (χ4v) is 2.76. The highest BCUT2D eigenvalue weighted by molar-refractivity contribution is 5.45. The molecule has 0 aromatic heterocycles. The quantitative estimate of drug-likeness (QED) is 0.548. The van der Waals surface area contributed by atoms with Gasteiger partial charge in [0.05, 0.1) is 0 Å². The first-order valence-corrected chi connectivity index (χ1v) is 8.97. The molecule has 1 rings (SSSR count). The molecule has 0 N–H and O–H groups in total. The van der Waals surface area contributed by atoms with Crippen molar-refractivity contribution in [2.45, 2.75) is 100 Å². The number of hydrogen-bond acceptors (Lipinski definition) is 0. The van der Waals surface area contributed by atoms with E-state index in [0.29, 0.717) is 0 Å². The molecule has 0 saturated carbocycles. The Balaban J connectivity index is 0.00000211. The minimum absolute atomic E-state index is 0.169. The minimum atomic E-state index is 0.169. The summed E-state index contributed by atoms with van der Waals surface area (Å²) in [4.78, 5) is 0. The Hall–Kier alpha value is -0.780. The van der Waals surface area contributed by atoms with Crippen molar-refractivity contribution in [3.8, 4) is 0 Å². The van der Waals surface area contributed by atoms with Crippen LogP contribution in [0.25, 0.3) is 0 Å². The molecular weight excluding hydrogens is 264 g/mol. The van der Waals surface area contributed by atoms with Crippen molar-refractivity contribution in [2.75, 3.05) is 0 Å². The highest BCUT2D eigenvalue weighted by atomic mass is 14.4. The van der Waals surface area contributed by atoms with E-state index >= 15 is 0 Å². The summed E-state index contributed by atoms with van der Waals surface area (Å²) in [6, 6.07) is 4.85. The van der Waals surface area contributed by atoms with Crippen LogP contribution in [-0.2, 0) is 10.8 Å². The summed E-state index contributed by atoms with van der Waals surface area (Å²) in [5.41, 5.74) is 6.50. The first-order chi connectivity index (χ1) is 9.84. The largest absolute Gasteiger partial charge is 0.0683 e. The van der Waals surface area contributed by atoms with E-state index in [9.17, 15) is 0 Å². The van der Waals surface area contributed by atoms with Crippen molar-refractivity contribution >= 4 is 0 Å². The van der Waals surface area contributed by atoms with Crippen LogP contribution < -0.4 is 0 Å². The average Bonchev–Trinajstić information content (AvgIpc) is 2.42. The lowest BCUT2D eigenvalue weighted by atomic mass is 9.60. The van der Waals surface area contributed by atoms with E-state index in [1.807, 2.05) is 13.8 Å². The molecule has 0 aliphatic rings. The van der Waals surface area contributed by atoms with Crippen LogP contribution in [0.4, 0.5) is 0 Å². The van der Waals surface area contributed by atoms with E-state index in [2.05, 4.69) is 81.4 Å². The summed E-state index contributed by atoms with van der Waals surface area (Å²) in [6.07, 6.45) is 1.19. The van der Waals surface area contributed by atoms with E-state index in [1.54, 1.807) is 0 Å². The summed E-state index contributed by atoms with van der Waals surface area (Å²) in [5, 5.41) is 0. The Morgan fingerprint density at radius 3 is 1.41 bits per heavy atom. The van der Waals surface area contributed by atoms with Crippen LogP contribution in [0, 0.1) is 19.3 Å². The molecule has 0 aliphatic carbocycles. The zero-order valence-electron chi connectivity index (χ0n) is 17.4. The van der Waals surface area contributed by atoms with E-state index in [0.717, 1.165) is 0 Å². The third-order valence-electron chi connectivity index (χ3n) is 5.69. The number of aryl methyl sites for hydroxylation is 2. The van der Waals surface area contributed by atoms with Crippen molar-refractivity contribution in [1.82, 2.24) is 0 Å². The second kappa shape index (κ2) is 7.20. The van der Waals surface area contributed by atoms with Crippen LogP contribution >= 0.6 is 0 Å². The van der Waals surface area contributed by atoms with Gasteiger partial charge < -0.3 is 0 Å². The topological polar surface area (TPSA) is 0 Å². The molecular formula is C22H40. The average molecular weight is 305 g/mol. The number of rotatable bonds is 3. The molecule has 0 heterocycles. The Morgan fingerprint density at radius 1 is 0.727 bits per heavy atom.